The number of likely N-dealkylation sites (N-methyl/N-ethyl adjacent to an activating group) is 2. The highest BCUT2D eigenvalue weighted by molar-refractivity contribution is 5.85. The predicted octanol–water partition coefficient (Wildman–Crippen LogP) is 2.67. The van der Waals surface area contributed by atoms with Crippen LogP contribution >= 0.6 is 12.4 Å². The molecule has 1 N–H and O–H groups in total. The first kappa shape index (κ1) is 23.3. The Balaban J connectivity index is 0.00000576. The van der Waals surface area contributed by atoms with Gasteiger partial charge < -0.3 is 19.7 Å². The summed E-state index contributed by atoms with van der Waals surface area (Å²) in [6.45, 7) is -0.0539. The standard InChI is InChI=1S/C16H23F3N2O3.ClH/c1-20-8-9-21(2)15(22)7-5-12-4-6-13(14(10-12)23-3)24-11-16(17,18)19;/h4,6,10,20H,5,7-9,11H2,1-3H3;1H. The van der Waals surface area contributed by atoms with E-state index in [1.807, 2.05) is 7.05 Å². The summed E-state index contributed by atoms with van der Waals surface area (Å²) in [5.41, 5.74) is 0.793. The van der Waals surface area contributed by atoms with Crippen LogP contribution in [-0.2, 0) is 11.2 Å². The largest absolute Gasteiger partial charge is 0.493 e. The summed E-state index contributed by atoms with van der Waals surface area (Å²) in [6, 6.07) is 4.65. The molecule has 1 aromatic rings. The molecule has 1 amide bonds. The Hall–Kier alpha value is -1.67. The number of benzene rings is 1. The van der Waals surface area contributed by atoms with Gasteiger partial charge in [-0.1, -0.05) is 6.07 Å². The summed E-state index contributed by atoms with van der Waals surface area (Å²) in [4.78, 5) is 13.6. The predicted molar refractivity (Wildman–Crippen MR) is 91.7 cm³/mol. The number of nitrogens with zero attached hydrogens (tertiary/aromatic N) is 1. The normalized spacial score (nSPS) is 10.8. The molecular weight excluding hydrogens is 361 g/mol. The number of hydrogen-bond acceptors (Lipinski definition) is 4. The van der Waals surface area contributed by atoms with Crippen LogP contribution in [-0.4, -0.2) is 57.9 Å². The second-order valence-corrected chi connectivity index (χ2v) is 5.31. The van der Waals surface area contributed by atoms with Crippen molar-refractivity contribution < 1.29 is 27.4 Å². The second kappa shape index (κ2) is 11.0. The molecule has 0 atom stereocenters. The number of rotatable bonds is 9. The summed E-state index contributed by atoms with van der Waals surface area (Å²) in [5.74, 6) is 0.241. The van der Waals surface area contributed by atoms with Crippen LogP contribution in [0.3, 0.4) is 0 Å². The maximum absolute atomic E-state index is 12.2. The average Bonchev–Trinajstić information content (AvgIpc) is 2.54. The van der Waals surface area contributed by atoms with Crippen molar-refractivity contribution >= 4 is 18.3 Å². The van der Waals surface area contributed by atoms with Crippen molar-refractivity contribution in [2.45, 2.75) is 19.0 Å². The third-order valence-corrected chi connectivity index (χ3v) is 3.37. The summed E-state index contributed by atoms with van der Waals surface area (Å²) in [5, 5.41) is 2.97. The van der Waals surface area contributed by atoms with Crippen LogP contribution in [0, 0.1) is 0 Å². The van der Waals surface area contributed by atoms with Gasteiger partial charge in [-0.05, 0) is 31.2 Å². The smallest absolute Gasteiger partial charge is 0.422 e. The van der Waals surface area contributed by atoms with E-state index in [9.17, 15) is 18.0 Å². The van der Waals surface area contributed by atoms with Crippen LogP contribution in [0.15, 0.2) is 18.2 Å². The van der Waals surface area contributed by atoms with Crippen LogP contribution < -0.4 is 14.8 Å². The molecule has 25 heavy (non-hydrogen) atoms. The maximum atomic E-state index is 12.2. The SMILES string of the molecule is CNCCN(C)C(=O)CCc1ccc(OCC(F)(F)F)c(OC)c1.Cl. The summed E-state index contributed by atoms with van der Waals surface area (Å²) >= 11 is 0. The Bertz CT molecular complexity index is 542. The number of halogens is 4. The maximum Gasteiger partial charge on any atom is 0.422 e. The first-order valence-corrected chi connectivity index (χ1v) is 7.52. The van der Waals surface area contributed by atoms with Gasteiger partial charge in [-0.15, -0.1) is 12.4 Å². The summed E-state index contributed by atoms with van der Waals surface area (Å²) in [7, 11) is 4.90. The van der Waals surface area contributed by atoms with Crippen molar-refractivity contribution in [2.75, 3.05) is 40.9 Å². The minimum atomic E-state index is -4.41. The number of carbonyl (C=O) groups excluding carboxylic acids is 1. The van der Waals surface area contributed by atoms with Gasteiger partial charge in [0.05, 0.1) is 7.11 Å². The van der Waals surface area contributed by atoms with Gasteiger partial charge in [0.2, 0.25) is 5.91 Å². The molecule has 0 heterocycles. The highest BCUT2D eigenvalue weighted by atomic mass is 35.5. The highest BCUT2D eigenvalue weighted by Crippen LogP contribution is 2.30. The molecule has 0 bridgehead atoms. The van der Waals surface area contributed by atoms with Crippen LogP contribution in [0.25, 0.3) is 0 Å². The molecule has 0 spiro atoms. The Kier molecular flexibility index (Phi) is 10.3. The molecule has 1 rings (SSSR count). The van der Waals surface area contributed by atoms with Crippen molar-refractivity contribution in [3.8, 4) is 11.5 Å². The van der Waals surface area contributed by atoms with Crippen LogP contribution in [0.5, 0.6) is 11.5 Å². The molecule has 0 aliphatic rings. The van der Waals surface area contributed by atoms with Crippen LogP contribution in [0.2, 0.25) is 0 Å². The van der Waals surface area contributed by atoms with Gasteiger partial charge in [0.15, 0.2) is 18.1 Å². The quantitative estimate of drug-likeness (QED) is 0.711. The van der Waals surface area contributed by atoms with Gasteiger partial charge in [0.1, 0.15) is 0 Å². The Morgan fingerprint density at radius 2 is 1.96 bits per heavy atom. The third kappa shape index (κ3) is 8.83. The van der Waals surface area contributed by atoms with Crippen molar-refractivity contribution in [3.05, 3.63) is 23.8 Å². The Morgan fingerprint density at radius 1 is 1.28 bits per heavy atom. The lowest BCUT2D eigenvalue weighted by Crippen LogP contribution is -2.32. The number of hydrogen-bond donors (Lipinski definition) is 1. The molecule has 0 unspecified atom stereocenters. The van der Waals surface area contributed by atoms with Gasteiger partial charge in [-0.2, -0.15) is 13.2 Å². The monoisotopic (exact) mass is 384 g/mol. The van der Waals surface area contributed by atoms with Crippen LogP contribution in [0.1, 0.15) is 12.0 Å². The first-order chi connectivity index (χ1) is 11.3. The summed E-state index contributed by atoms with van der Waals surface area (Å²) in [6.07, 6.45) is -3.63. The zero-order valence-corrected chi connectivity index (χ0v) is 15.3. The summed E-state index contributed by atoms with van der Waals surface area (Å²) < 4.78 is 46.4. The number of carbonyl (C=O) groups is 1. The molecular formula is C16H24ClF3N2O3. The van der Waals surface area contributed by atoms with E-state index in [-0.39, 0.29) is 29.8 Å². The number of ether oxygens (including phenoxy) is 2. The molecule has 0 saturated carbocycles. The van der Waals surface area contributed by atoms with Gasteiger partial charge >= 0.3 is 6.18 Å². The minimum absolute atomic E-state index is 0. The van der Waals surface area contributed by atoms with Crippen LogP contribution in [0.4, 0.5) is 13.2 Å². The molecule has 1 aromatic carbocycles. The molecule has 9 heteroatoms. The highest BCUT2D eigenvalue weighted by Gasteiger charge is 2.29. The zero-order chi connectivity index (χ0) is 18.2. The van der Waals surface area contributed by atoms with Gasteiger partial charge in [0.25, 0.3) is 0 Å². The van der Waals surface area contributed by atoms with Gasteiger partial charge in [0, 0.05) is 26.6 Å². The number of nitrogens with one attached hydrogen (secondary N) is 1. The van der Waals surface area contributed by atoms with Crippen molar-refractivity contribution in [1.82, 2.24) is 10.2 Å². The number of alkyl halides is 3. The fourth-order valence-electron chi connectivity index (χ4n) is 1.99. The van der Waals surface area contributed by atoms with E-state index in [4.69, 9.17) is 9.47 Å². The fourth-order valence-corrected chi connectivity index (χ4v) is 1.99. The second-order valence-electron chi connectivity index (χ2n) is 5.31. The molecule has 0 aromatic heterocycles. The first-order valence-electron chi connectivity index (χ1n) is 7.52. The number of amides is 1. The molecule has 0 fully saturated rings. The Morgan fingerprint density at radius 3 is 2.52 bits per heavy atom. The molecule has 0 saturated heterocycles. The molecule has 0 aliphatic heterocycles. The van der Waals surface area contributed by atoms with E-state index in [1.165, 1.54) is 13.2 Å². The van der Waals surface area contributed by atoms with E-state index in [1.54, 1.807) is 24.1 Å². The van der Waals surface area contributed by atoms with E-state index in [0.717, 1.165) is 5.56 Å². The Labute approximate surface area is 151 Å². The fraction of sp³-hybridized carbons (Fsp3) is 0.562. The molecule has 0 aliphatic carbocycles. The zero-order valence-electron chi connectivity index (χ0n) is 14.5. The lowest BCUT2D eigenvalue weighted by atomic mass is 10.1. The molecule has 0 radical (unpaired) electrons. The van der Waals surface area contributed by atoms with Crippen molar-refractivity contribution in [2.24, 2.45) is 0 Å². The lowest BCUT2D eigenvalue weighted by Gasteiger charge is -2.17. The average molecular weight is 385 g/mol. The van der Waals surface area contributed by atoms with E-state index < -0.39 is 12.8 Å². The van der Waals surface area contributed by atoms with E-state index in [2.05, 4.69) is 5.32 Å². The third-order valence-electron chi connectivity index (χ3n) is 3.37. The molecule has 5 nitrogen and oxygen atoms in total. The lowest BCUT2D eigenvalue weighted by molar-refractivity contribution is -0.153. The van der Waals surface area contributed by atoms with Gasteiger partial charge in [-0.3, -0.25) is 4.79 Å². The number of methoxy groups -OCH3 is 1. The van der Waals surface area contributed by atoms with Gasteiger partial charge in [-0.25, -0.2) is 0 Å². The molecule has 144 valence electrons. The minimum Gasteiger partial charge on any atom is -0.493 e. The van der Waals surface area contributed by atoms with E-state index >= 15 is 0 Å². The number of aryl methyl sites for hydroxylation is 1. The van der Waals surface area contributed by atoms with Crippen molar-refractivity contribution in [1.29, 1.82) is 0 Å². The topological polar surface area (TPSA) is 50.8 Å². The van der Waals surface area contributed by atoms with E-state index in [0.29, 0.717) is 25.9 Å². The van der Waals surface area contributed by atoms with Crippen molar-refractivity contribution in [3.63, 3.8) is 0 Å².